The maximum atomic E-state index is 13.3. The van der Waals surface area contributed by atoms with E-state index in [-0.39, 0.29) is 17.1 Å². The molecule has 0 fully saturated rings. The monoisotopic (exact) mass is 476 g/mol. The minimum Gasteiger partial charge on any atom is -0.434 e. The predicted octanol–water partition coefficient (Wildman–Crippen LogP) is 6.79. The minimum atomic E-state index is -1.58. The largest absolute Gasteiger partial charge is 0.434 e. The molecule has 0 radical (unpaired) electrons. The molecule has 0 saturated heterocycles. The molecular formula is C29H24N2O3Si. The lowest BCUT2D eigenvalue weighted by Crippen LogP contribution is -2.28. The van der Waals surface area contributed by atoms with E-state index in [9.17, 15) is 9.59 Å². The van der Waals surface area contributed by atoms with Gasteiger partial charge in [-0.2, -0.15) is 4.98 Å². The normalized spacial score (nSPS) is 13.7. The van der Waals surface area contributed by atoms with Gasteiger partial charge in [-0.3, -0.25) is 9.59 Å². The smallest absolute Gasteiger partial charge is 0.228 e. The van der Waals surface area contributed by atoms with Crippen molar-refractivity contribution in [2.24, 2.45) is 0 Å². The van der Waals surface area contributed by atoms with Gasteiger partial charge >= 0.3 is 0 Å². The second-order valence-corrected chi connectivity index (χ2v) is 15.7. The Balaban J connectivity index is 1.48. The van der Waals surface area contributed by atoms with Crippen LogP contribution in [0.5, 0.6) is 0 Å². The van der Waals surface area contributed by atoms with E-state index in [1.165, 1.54) is 0 Å². The Labute approximate surface area is 203 Å². The van der Waals surface area contributed by atoms with E-state index in [1.54, 1.807) is 6.08 Å². The zero-order valence-electron chi connectivity index (χ0n) is 19.8. The number of hydrogen-bond acceptors (Lipinski definition) is 4. The molecule has 35 heavy (non-hydrogen) atoms. The zero-order chi connectivity index (χ0) is 24.3. The molecule has 0 saturated carbocycles. The fraction of sp³-hybridized carbons (Fsp3) is 0.138. The van der Waals surface area contributed by atoms with Crippen molar-refractivity contribution in [2.45, 2.75) is 25.8 Å². The van der Waals surface area contributed by atoms with Gasteiger partial charge in [0.15, 0.2) is 22.8 Å². The summed E-state index contributed by atoms with van der Waals surface area (Å²) in [7, 11) is -1.58. The maximum Gasteiger partial charge on any atom is 0.228 e. The first-order valence-corrected chi connectivity index (χ1v) is 15.4. The van der Waals surface area contributed by atoms with Gasteiger partial charge in [0, 0.05) is 34.6 Å². The van der Waals surface area contributed by atoms with Crippen molar-refractivity contribution in [2.75, 3.05) is 0 Å². The first-order valence-electron chi connectivity index (χ1n) is 11.7. The van der Waals surface area contributed by atoms with Crippen LogP contribution in [0.15, 0.2) is 82.8 Å². The first-order chi connectivity index (χ1) is 16.8. The lowest BCUT2D eigenvalue weighted by Gasteiger charge is -2.18. The quantitative estimate of drug-likeness (QED) is 0.163. The summed E-state index contributed by atoms with van der Waals surface area (Å²) in [4.78, 5) is 31.4. The fourth-order valence-corrected chi connectivity index (χ4v) is 5.98. The molecule has 1 aliphatic rings. The summed E-state index contributed by atoms with van der Waals surface area (Å²) in [6.07, 6.45) is 2.50. The number of Topliss-reactive ketones (excluding diaryl/α,β-unsaturated/α-hetero) is 2. The highest BCUT2D eigenvalue weighted by Gasteiger charge is 2.34. The molecule has 0 N–H and O–H groups in total. The van der Waals surface area contributed by atoms with Crippen molar-refractivity contribution >= 4 is 47.7 Å². The molecule has 6 heteroatoms. The van der Waals surface area contributed by atoms with E-state index >= 15 is 0 Å². The van der Waals surface area contributed by atoms with Crippen molar-refractivity contribution in [3.8, 4) is 11.5 Å². The van der Waals surface area contributed by atoms with Crippen LogP contribution >= 0.6 is 0 Å². The van der Waals surface area contributed by atoms with Gasteiger partial charge < -0.3 is 8.98 Å². The molecule has 0 unspecified atom stereocenters. The molecule has 1 aliphatic carbocycles. The molecular weight excluding hydrogens is 452 g/mol. The lowest BCUT2D eigenvalue weighted by molar-refractivity contribution is 0.0990. The summed E-state index contributed by atoms with van der Waals surface area (Å²) >= 11 is 0. The Morgan fingerprint density at radius 3 is 2.06 bits per heavy atom. The van der Waals surface area contributed by atoms with E-state index < -0.39 is 8.07 Å². The second kappa shape index (κ2) is 7.75. The highest BCUT2D eigenvalue weighted by Crippen LogP contribution is 2.34. The van der Waals surface area contributed by atoms with Crippen LogP contribution in [0.25, 0.3) is 39.5 Å². The molecule has 2 heterocycles. The van der Waals surface area contributed by atoms with Crippen molar-refractivity contribution in [1.82, 2.24) is 9.55 Å². The number of aromatic nitrogens is 2. The van der Waals surface area contributed by atoms with E-state index in [4.69, 9.17) is 9.40 Å². The van der Waals surface area contributed by atoms with Gasteiger partial charge in [-0.15, -0.1) is 0 Å². The summed E-state index contributed by atoms with van der Waals surface area (Å²) in [6, 6.07) is 23.1. The Bertz CT molecular complexity index is 1630. The Kier molecular flexibility index (Phi) is 4.76. The molecule has 172 valence electrons. The highest BCUT2D eigenvalue weighted by molar-refractivity contribution is 6.75. The van der Waals surface area contributed by atoms with Crippen molar-refractivity contribution in [3.05, 3.63) is 95.2 Å². The number of oxazole rings is 1. The molecule has 0 spiro atoms. The van der Waals surface area contributed by atoms with Crippen molar-refractivity contribution < 1.29 is 14.0 Å². The summed E-state index contributed by atoms with van der Waals surface area (Å²) in [5, 5.41) is 1.90. The third kappa shape index (κ3) is 3.67. The SMILES string of the molecule is C[Si](C)(C)Cn1c(C=C2C(=O)c3cc4ccccc4cc3C2=O)cc2oc(-c3ccccc3)nc21. The number of ketones is 2. The molecule has 3 aromatic carbocycles. The van der Waals surface area contributed by atoms with Gasteiger partial charge in [0.2, 0.25) is 5.89 Å². The van der Waals surface area contributed by atoms with Crippen LogP contribution in [0.1, 0.15) is 26.4 Å². The molecule has 0 bridgehead atoms. The van der Waals surface area contributed by atoms with E-state index in [2.05, 4.69) is 24.2 Å². The summed E-state index contributed by atoms with van der Waals surface area (Å²) in [5.41, 5.74) is 4.19. The average molecular weight is 477 g/mol. The number of rotatable bonds is 4. The topological polar surface area (TPSA) is 65.1 Å². The van der Waals surface area contributed by atoms with Gasteiger partial charge in [0.05, 0.1) is 13.6 Å². The number of carbonyl (C=O) groups excluding carboxylic acids is 2. The van der Waals surface area contributed by atoms with E-state index in [0.717, 1.165) is 33.8 Å². The van der Waals surface area contributed by atoms with Crippen LogP contribution in [-0.2, 0) is 6.17 Å². The molecule has 5 nitrogen and oxygen atoms in total. The number of fused-ring (bicyclic) bond motifs is 3. The Morgan fingerprint density at radius 1 is 0.857 bits per heavy atom. The number of hydrogen-bond donors (Lipinski definition) is 0. The minimum absolute atomic E-state index is 0.190. The number of nitrogens with zero attached hydrogens (tertiary/aromatic N) is 2. The lowest BCUT2D eigenvalue weighted by atomic mass is 10.0. The average Bonchev–Trinajstić information content (AvgIpc) is 3.45. The number of allylic oxidation sites excluding steroid dienone is 1. The standard InChI is InChI=1S/C29H24N2O3Si/c1-35(2,3)17-31-21(16-25-28(31)30-29(34-25)18-9-5-4-6-10-18)15-24-26(32)22-13-19-11-7-8-12-20(19)14-23(22)27(24)33/h4-16H,17H2,1-3H3. The summed E-state index contributed by atoms with van der Waals surface area (Å²) in [6.45, 7) is 6.84. The van der Waals surface area contributed by atoms with Crippen LogP contribution < -0.4 is 0 Å². The number of carbonyl (C=O) groups is 2. The Morgan fingerprint density at radius 2 is 1.46 bits per heavy atom. The van der Waals surface area contributed by atoms with Crippen LogP contribution in [0, 0.1) is 0 Å². The van der Waals surface area contributed by atoms with Crippen molar-refractivity contribution in [3.63, 3.8) is 0 Å². The fourth-order valence-electron chi connectivity index (χ4n) is 4.70. The molecule has 0 aliphatic heterocycles. The molecule has 5 aromatic rings. The van der Waals surface area contributed by atoms with Gasteiger partial charge in [0.25, 0.3) is 0 Å². The summed E-state index contributed by atoms with van der Waals surface area (Å²) in [5.74, 6) is 0.100. The van der Waals surface area contributed by atoms with Crippen LogP contribution in [0.2, 0.25) is 19.6 Å². The first kappa shape index (κ1) is 21.5. The van der Waals surface area contributed by atoms with Gasteiger partial charge in [-0.25, -0.2) is 0 Å². The highest BCUT2D eigenvalue weighted by atomic mass is 28.3. The van der Waals surface area contributed by atoms with Crippen LogP contribution in [0.4, 0.5) is 0 Å². The molecule has 0 amide bonds. The molecule has 0 atom stereocenters. The third-order valence-electron chi connectivity index (χ3n) is 6.29. The maximum absolute atomic E-state index is 13.3. The van der Waals surface area contributed by atoms with E-state index in [0.29, 0.717) is 22.6 Å². The van der Waals surface area contributed by atoms with E-state index in [1.807, 2.05) is 72.8 Å². The van der Waals surface area contributed by atoms with Gasteiger partial charge in [-0.1, -0.05) is 62.1 Å². The van der Waals surface area contributed by atoms with Crippen LogP contribution in [-0.4, -0.2) is 29.2 Å². The van der Waals surface area contributed by atoms with Gasteiger partial charge in [-0.05, 0) is 41.1 Å². The van der Waals surface area contributed by atoms with Crippen LogP contribution in [0.3, 0.4) is 0 Å². The third-order valence-corrected chi connectivity index (χ3v) is 7.56. The predicted molar refractivity (Wildman–Crippen MR) is 141 cm³/mol. The number of benzene rings is 3. The molecule has 2 aromatic heterocycles. The van der Waals surface area contributed by atoms with Crippen molar-refractivity contribution in [1.29, 1.82) is 0 Å². The van der Waals surface area contributed by atoms with Gasteiger partial charge in [0.1, 0.15) is 0 Å². The summed E-state index contributed by atoms with van der Waals surface area (Å²) < 4.78 is 8.21. The Hall–Kier alpha value is -4.03. The molecule has 6 rings (SSSR count). The zero-order valence-corrected chi connectivity index (χ0v) is 20.8. The second-order valence-electron chi connectivity index (χ2n) is 10.3.